The van der Waals surface area contributed by atoms with Gasteiger partial charge in [0.25, 0.3) is 40.1 Å². The molecule has 0 fully saturated rings. The smallest absolute Gasteiger partial charge is 0.263 e. The topological polar surface area (TPSA) is 395 Å². The number of halogens is 1. The summed E-state index contributed by atoms with van der Waals surface area (Å²) in [5.41, 5.74) is 11.1. The standard InChI is InChI=1S/C21H19FN4O3S2.C21H20N4O3S2.2C19H19N5O3S2/c1-14-12-15-13-16(22)2-7-19(15)26(14)10-8-20(27)24-17-3-5-18(6-4-17)31(28,29)25-21-23-9-11-30-21;1-15-14-25(19-5-3-2-4-18(15)19)12-10-20(26)23-16-6-8-17(9-7-16)30(27,28)24-21-22-11-13-29-21;25-18(12-24-11-3-5-14-4-1-2-6-17(14)24)22-15-7-9-16(10-8-15)29(26,27)23-19-20-13-21-28-19;25-18(10-12-24-11-9-14-3-1-2-4-17(14)24)22-15-5-7-16(8-6-15)29(26,27)23-19-20-13-21-28-19/h2-7,9,11-13H,8,10H2,1H3,(H,23,25)(H,24,27);2-9,11,13-14H,10,12H2,1H3,(H,22,24)(H,23,26);1-2,4,6-10,13H,3,5,11-12H2,(H,22,25)(H,20,21,23);1-8,13H,9-12H2,(H,22,25)(H,20,21,23). The average Bonchev–Trinajstić information content (AvgIpc) is 1.30. The molecule has 614 valence electrons. The van der Waals surface area contributed by atoms with Gasteiger partial charge in [-0.25, -0.2) is 58.0 Å². The van der Waals surface area contributed by atoms with E-state index in [-0.39, 0.29) is 77.4 Å². The van der Waals surface area contributed by atoms with Crippen molar-refractivity contribution in [2.45, 2.75) is 85.0 Å². The zero-order valence-corrected chi connectivity index (χ0v) is 70.0. The monoisotopic (exact) mass is 1760 g/mol. The highest BCUT2D eigenvalue weighted by molar-refractivity contribution is 7.93. The van der Waals surface area contributed by atoms with E-state index in [9.17, 15) is 57.2 Å². The number of benzene rings is 8. The summed E-state index contributed by atoms with van der Waals surface area (Å²) in [7, 11) is -14.9. The number of aryl methyl sites for hydroxylation is 5. The number of fused-ring (bicyclic) bond motifs is 4. The number of carbonyl (C=O) groups excluding carboxylic acids is 4. The number of para-hydroxylation sites is 3. The molecule has 0 aliphatic carbocycles. The summed E-state index contributed by atoms with van der Waals surface area (Å²) >= 11 is 4.29. The number of amides is 4. The summed E-state index contributed by atoms with van der Waals surface area (Å²) in [5, 5.41) is 17.5. The molecule has 0 atom stereocenters. The van der Waals surface area contributed by atoms with Crippen molar-refractivity contribution in [3.8, 4) is 0 Å². The fraction of sp³-hybridized carbons (Fsp3) is 0.175. The predicted molar refractivity (Wildman–Crippen MR) is 464 cm³/mol. The first-order valence-electron chi connectivity index (χ1n) is 36.8. The van der Waals surface area contributed by atoms with Gasteiger partial charge in [-0.3, -0.25) is 38.1 Å². The molecule has 8 aromatic carbocycles. The summed E-state index contributed by atoms with van der Waals surface area (Å²) in [5.74, 6) is -0.905. The molecule has 0 bridgehead atoms. The molecule has 39 heteroatoms. The van der Waals surface area contributed by atoms with Crippen LogP contribution in [-0.2, 0) is 85.2 Å². The Hall–Kier alpha value is -12.4. The predicted octanol–water partition coefficient (Wildman–Crippen LogP) is 14.1. The van der Waals surface area contributed by atoms with Crippen LogP contribution in [0.3, 0.4) is 0 Å². The van der Waals surface area contributed by atoms with E-state index in [2.05, 4.69) is 114 Å². The van der Waals surface area contributed by atoms with Gasteiger partial charge in [0.2, 0.25) is 33.9 Å². The second kappa shape index (κ2) is 38.4. The molecule has 8 N–H and O–H groups in total. The van der Waals surface area contributed by atoms with Crippen molar-refractivity contribution in [3.63, 3.8) is 0 Å². The number of thiazole rings is 2. The molecular formula is C80H77FN18O12S8. The lowest BCUT2D eigenvalue weighted by atomic mass is 10.0. The van der Waals surface area contributed by atoms with E-state index in [4.69, 9.17) is 0 Å². The number of rotatable bonds is 27. The fourth-order valence-electron chi connectivity index (χ4n) is 13.0. The Bertz CT molecular complexity index is 6350. The maximum Gasteiger partial charge on any atom is 0.263 e. The molecule has 0 spiro atoms. The van der Waals surface area contributed by atoms with Gasteiger partial charge < -0.3 is 40.2 Å². The van der Waals surface area contributed by atoms with Gasteiger partial charge in [0.15, 0.2) is 10.3 Å². The first kappa shape index (κ1) is 84.5. The van der Waals surface area contributed by atoms with Crippen LogP contribution >= 0.6 is 45.7 Å². The Morgan fingerprint density at radius 1 is 0.437 bits per heavy atom. The van der Waals surface area contributed by atoms with Crippen LogP contribution in [0.4, 0.5) is 59.0 Å². The van der Waals surface area contributed by atoms with Crippen LogP contribution in [0.2, 0.25) is 0 Å². The Balaban J connectivity index is 0.000000137. The minimum Gasteiger partial charge on any atom is -0.370 e. The first-order valence-corrected chi connectivity index (χ1v) is 46.0. The molecule has 2 aliphatic rings. The highest BCUT2D eigenvalue weighted by Gasteiger charge is 2.24. The van der Waals surface area contributed by atoms with Gasteiger partial charge in [-0.05, 0) is 189 Å². The highest BCUT2D eigenvalue weighted by atomic mass is 32.2. The summed E-state index contributed by atoms with van der Waals surface area (Å²) in [6.45, 7) is 7.60. The van der Waals surface area contributed by atoms with Gasteiger partial charge in [0.1, 0.15) is 18.5 Å². The number of carbonyl (C=O) groups is 4. The van der Waals surface area contributed by atoms with Crippen LogP contribution < -0.4 is 50.0 Å². The summed E-state index contributed by atoms with van der Waals surface area (Å²) < 4.78 is 133. The molecule has 16 rings (SSSR count). The van der Waals surface area contributed by atoms with Crippen molar-refractivity contribution in [2.24, 2.45) is 0 Å². The summed E-state index contributed by atoms with van der Waals surface area (Å²) in [4.78, 5) is 69.6. The number of sulfonamides is 4. The largest absolute Gasteiger partial charge is 0.370 e. The second-order valence-corrected chi connectivity index (χ2v) is 36.9. The number of anilines is 10. The highest BCUT2D eigenvalue weighted by Crippen LogP contribution is 2.31. The molecule has 6 aromatic heterocycles. The van der Waals surface area contributed by atoms with Crippen LogP contribution in [0.15, 0.2) is 256 Å². The molecule has 8 heterocycles. The minimum atomic E-state index is -3.75. The summed E-state index contributed by atoms with van der Waals surface area (Å²) in [6.07, 6.45) is 11.6. The molecule has 0 saturated heterocycles. The van der Waals surface area contributed by atoms with Crippen molar-refractivity contribution < 1.29 is 57.2 Å². The molecular weight excluding hydrogens is 1680 g/mol. The van der Waals surface area contributed by atoms with E-state index in [1.807, 2.05) is 72.3 Å². The van der Waals surface area contributed by atoms with Crippen LogP contribution in [0.25, 0.3) is 21.8 Å². The third-order valence-electron chi connectivity index (χ3n) is 18.6. The van der Waals surface area contributed by atoms with E-state index in [1.165, 1.54) is 148 Å². The third kappa shape index (κ3) is 22.7. The second-order valence-electron chi connectivity index (χ2n) is 26.8. The zero-order chi connectivity index (χ0) is 83.7. The van der Waals surface area contributed by atoms with Gasteiger partial charge in [-0.1, -0.05) is 54.6 Å². The van der Waals surface area contributed by atoms with Crippen LogP contribution in [0, 0.1) is 19.7 Å². The van der Waals surface area contributed by atoms with E-state index >= 15 is 0 Å². The number of hydrogen-bond donors (Lipinski definition) is 8. The summed E-state index contributed by atoms with van der Waals surface area (Å²) in [6, 6.07) is 54.9. The first-order chi connectivity index (χ1) is 57.3. The third-order valence-corrected chi connectivity index (χ3v) is 27.1. The quantitative estimate of drug-likeness (QED) is 0.0237. The Kier molecular flexibility index (Phi) is 27.3. The van der Waals surface area contributed by atoms with Crippen molar-refractivity contribution in [1.29, 1.82) is 0 Å². The molecule has 2 aliphatic heterocycles. The van der Waals surface area contributed by atoms with Gasteiger partial charge in [0, 0.05) is 166 Å². The number of hydrogen-bond acceptors (Lipinski definition) is 24. The Morgan fingerprint density at radius 2 is 0.874 bits per heavy atom. The van der Waals surface area contributed by atoms with Crippen molar-refractivity contribution in [1.82, 2.24) is 37.8 Å². The molecule has 0 unspecified atom stereocenters. The number of aromatic nitrogens is 8. The van der Waals surface area contributed by atoms with E-state index in [0.717, 1.165) is 83.2 Å². The normalized spacial score (nSPS) is 12.4. The van der Waals surface area contributed by atoms with Crippen LogP contribution in [0.5, 0.6) is 0 Å². The van der Waals surface area contributed by atoms with Crippen molar-refractivity contribution >= 4 is 186 Å². The Morgan fingerprint density at radius 3 is 1.35 bits per heavy atom. The molecule has 0 saturated carbocycles. The molecule has 14 aromatic rings. The number of nitrogens with zero attached hydrogens (tertiary/aromatic N) is 10. The van der Waals surface area contributed by atoms with Gasteiger partial charge in [-0.15, -0.1) is 22.7 Å². The van der Waals surface area contributed by atoms with Gasteiger partial charge in [0.05, 0.1) is 26.1 Å². The van der Waals surface area contributed by atoms with Gasteiger partial charge >= 0.3 is 0 Å². The van der Waals surface area contributed by atoms with E-state index in [0.29, 0.717) is 60.4 Å². The minimum absolute atomic E-state index is 0.0716. The SMILES string of the molecule is Cc1cc2cc(F)ccc2n1CCC(=O)Nc1ccc(S(=O)(=O)Nc2nccs2)cc1.Cc1cn(CCC(=O)Nc2ccc(S(=O)(=O)Nc3nccs3)cc2)c2ccccc12.O=C(CCN1CCc2ccccc21)Nc1ccc(S(=O)(=O)Nc2ncns2)cc1.O=C(CN1CCCc2ccccc21)Nc1ccc(S(=O)(=O)Nc2ncns2)cc1. The molecule has 30 nitrogen and oxygen atoms in total. The maximum atomic E-state index is 13.4. The lowest BCUT2D eigenvalue weighted by Crippen LogP contribution is -2.36. The van der Waals surface area contributed by atoms with E-state index in [1.54, 1.807) is 53.2 Å². The van der Waals surface area contributed by atoms with Crippen LogP contribution in [0.1, 0.15) is 48.1 Å². The fourth-order valence-corrected chi connectivity index (χ4v) is 19.9. The average molecular weight is 1760 g/mol. The maximum absolute atomic E-state index is 13.4. The van der Waals surface area contributed by atoms with E-state index < -0.39 is 40.1 Å². The lowest BCUT2D eigenvalue weighted by Gasteiger charge is -2.30. The van der Waals surface area contributed by atoms with Crippen molar-refractivity contribution in [2.75, 3.05) is 76.1 Å². The molecule has 119 heavy (non-hydrogen) atoms. The zero-order valence-electron chi connectivity index (χ0n) is 63.5. The molecule has 0 radical (unpaired) electrons. The molecule has 4 amide bonds. The lowest BCUT2D eigenvalue weighted by molar-refractivity contribution is -0.117. The van der Waals surface area contributed by atoms with Gasteiger partial charge in [-0.2, -0.15) is 8.75 Å². The Labute approximate surface area is 701 Å². The number of nitrogens with one attached hydrogen (secondary N) is 8. The van der Waals surface area contributed by atoms with Crippen LogP contribution in [-0.4, -0.2) is 121 Å². The van der Waals surface area contributed by atoms with Crippen molar-refractivity contribution in [3.05, 3.63) is 264 Å².